The number of nitrogens with zero attached hydrogens (tertiary/aromatic N) is 2. The zero-order valence-corrected chi connectivity index (χ0v) is 26.0. The summed E-state index contributed by atoms with van der Waals surface area (Å²) in [6.07, 6.45) is 14.5. The van der Waals surface area contributed by atoms with E-state index in [9.17, 15) is 0 Å². The Morgan fingerprint density at radius 1 is 0.500 bits per heavy atom. The van der Waals surface area contributed by atoms with Gasteiger partial charge in [-0.1, -0.05) is 140 Å². The van der Waals surface area contributed by atoms with Crippen molar-refractivity contribution in [3.05, 3.63) is 118 Å². The zero-order chi connectivity index (χ0) is 29.4. The van der Waals surface area contributed by atoms with Crippen molar-refractivity contribution >= 4 is 43.7 Å². The molecule has 2 atom stereocenters. The molecule has 3 aromatic carbocycles. The van der Waals surface area contributed by atoms with Gasteiger partial charge in [-0.15, -0.1) is 0 Å². The van der Waals surface area contributed by atoms with E-state index < -0.39 is 0 Å². The first-order valence-corrected chi connectivity index (χ1v) is 15.3. The van der Waals surface area contributed by atoms with Gasteiger partial charge in [-0.25, -0.2) is 9.97 Å². The molecule has 2 nitrogen and oxygen atoms in total. The van der Waals surface area contributed by atoms with E-state index in [0.717, 1.165) is 32.5 Å². The van der Waals surface area contributed by atoms with Crippen LogP contribution in [-0.2, 0) is 0 Å². The molecule has 0 fully saturated rings. The standard InChI is InChI=1S/C40H38N2/c1-37(2,3)25-19-23-17-18-24-20-26(38(4,5)6)22-32-36-35(31(21-25)39(23,7)40(24,32)8)41-33-29-15-11-9-13-27(29)28-14-10-12-16-30(28)34(33)42-36/h9-22H,1-8H3. The van der Waals surface area contributed by atoms with Crippen molar-refractivity contribution < 1.29 is 0 Å². The van der Waals surface area contributed by atoms with Gasteiger partial charge in [-0.2, -0.15) is 0 Å². The minimum Gasteiger partial charge on any atom is -0.243 e. The van der Waals surface area contributed by atoms with Crippen LogP contribution in [0.1, 0.15) is 55.4 Å². The number of hydrogen-bond acceptors (Lipinski definition) is 2. The van der Waals surface area contributed by atoms with Crippen molar-refractivity contribution in [2.45, 2.75) is 55.4 Å². The second-order valence-electron chi connectivity index (χ2n) is 15.0. The number of aromatic nitrogens is 2. The third-order valence-electron chi connectivity index (χ3n) is 10.7. The Labute approximate surface area is 248 Å². The lowest BCUT2D eigenvalue weighted by atomic mass is 9.45. The largest absolute Gasteiger partial charge is 0.243 e. The fourth-order valence-electron chi connectivity index (χ4n) is 7.85. The molecule has 0 N–H and O–H groups in total. The van der Waals surface area contributed by atoms with Crippen molar-refractivity contribution in [1.29, 1.82) is 0 Å². The normalized spacial score (nSPS) is 24.8. The van der Waals surface area contributed by atoms with E-state index in [1.54, 1.807) is 0 Å². The average Bonchev–Trinajstić information content (AvgIpc) is 2.94. The number of benzene rings is 3. The molecule has 0 amide bonds. The summed E-state index contributed by atoms with van der Waals surface area (Å²) in [5.41, 5.74) is 9.46. The Morgan fingerprint density at radius 3 is 1.21 bits per heavy atom. The van der Waals surface area contributed by atoms with Crippen LogP contribution in [0.2, 0.25) is 0 Å². The summed E-state index contributed by atoms with van der Waals surface area (Å²) in [6, 6.07) is 17.4. The highest BCUT2D eigenvalue weighted by atomic mass is 14.8. The van der Waals surface area contributed by atoms with Crippen LogP contribution in [0.4, 0.5) is 0 Å². The summed E-state index contributed by atoms with van der Waals surface area (Å²) < 4.78 is 0. The quantitative estimate of drug-likeness (QED) is 0.206. The lowest BCUT2D eigenvalue weighted by Gasteiger charge is -2.56. The van der Waals surface area contributed by atoms with Gasteiger partial charge in [-0.3, -0.25) is 0 Å². The maximum atomic E-state index is 5.67. The zero-order valence-electron chi connectivity index (χ0n) is 26.0. The molecule has 4 aliphatic rings. The van der Waals surface area contributed by atoms with Crippen LogP contribution in [-0.4, -0.2) is 9.97 Å². The molecule has 208 valence electrons. The van der Waals surface area contributed by atoms with E-state index >= 15 is 0 Å². The number of allylic oxidation sites excluding steroid dienone is 10. The van der Waals surface area contributed by atoms with Crippen molar-refractivity contribution in [1.82, 2.24) is 9.97 Å². The molecule has 4 aromatic rings. The third kappa shape index (κ3) is 3.05. The first-order chi connectivity index (χ1) is 19.8. The van der Waals surface area contributed by atoms with Gasteiger partial charge in [-0.05, 0) is 55.0 Å². The highest BCUT2D eigenvalue weighted by Gasteiger charge is 2.58. The molecule has 0 spiro atoms. The molecule has 0 saturated heterocycles. The maximum absolute atomic E-state index is 5.67. The molecule has 2 unspecified atom stereocenters. The summed E-state index contributed by atoms with van der Waals surface area (Å²) >= 11 is 0. The highest BCUT2D eigenvalue weighted by molar-refractivity contribution is 6.23. The molecule has 1 aromatic heterocycles. The van der Waals surface area contributed by atoms with Gasteiger partial charge in [0.15, 0.2) is 0 Å². The predicted octanol–water partition coefficient (Wildman–Crippen LogP) is 8.66. The minimum absolute atomic E-state index is 0.00932. The molecule has 1 heterocycles. The van der Waals surface area contributed by atoms with Gasteiger partial charge in [0.25, 0.3) is 0 Å². The molecule has 0 saturated carbocycles. The van der Waals surface area contributed by atoms with Gasteiger partial charge in [0.1, 0.15) is 0 Å². The molecule has 8 rings (SSSR count). The van der Waals surface area contributed by atoms with Crippen LogP contribution in [0, 0.1) is 21.7 Å². The van der Waals surface area contributed by atoms with Gasteiger partial charge in [0, 0.05) is 21.6 Å². The average molecular weight is 547 g/mol. The van der Waals surface area contributed by atoms with E-state index in [-0.39, 0.29) is 21.7 Å². The maximum Gasteiger partial charge on any atom is 0.0979 e. The second kappa shape index (κ2) is 7.86. The molecular formula is C40H38N2. The third-order valence-corrected chi connectivity index (χ3v) is 10.7. The van der Waals surface area contributed by atoms with E-state index in [0.29, 0.717) is 0 Å². The van der Waals surface area contributed by atoms with Crippen molar-refractivity contribution in [3.8, 4) is 0 Å². The first kappa shape index (κ1) is 25.7. The minimum atomic E-state index is -0.264. The van der Waals surface area contributed by atoms with Gasteiger partial charge >= 0.3 is 0 Å². The first-order valence-electron chi connectivity index (χ1n) is 15.3. The molecular weight excluding hydrogens is 508 g/mol. The van der Waals surface area contributed by atoms with Crippen LogP contribution in [0.15, 0.2) is 107 Å². The number of hydrogen-bond donors (Lipinski definition) is 0. The van der Waals surface area contributed by atoms with Crippen LogP contribution >= 0.6 is 0 Å². The van der Waals surface area contributed by atoms with Crippen molar-refractivity contribution in [2.24, 2.45) is 21.7 Å². The number of fused-ring (bicyclic) bond motifs is 7. The summed E-state index contributed by atoms with van der Waals surface area (Å²) in [5.74, 6) is 0. The molecule has 2 heteroatoms. The summed E-state index contributed by atoms with van der Waals surface area (Å²) in [6.45, 7) is 18.8. The molecule has 0 aliphatic heterocycles. The predicted molar refractivity (Wildman–Crippen MR) is 177 cm³/mol. The Hall–Kier alpha value is -4.04. The van der Waals surface area contributed by atoms with Crippen molar-refractivity contribution in [2.75, 3.05) is 0 Å². The lowest BCUT2D eigenvalue weighted by Crippen LogP contribution is -2.56. The Kier molecular flexibility index (Phi) is 4.80. The van der Waals surface area contributed by atoms with Crippen molar-refractivity contribution in [3.63, 3.8) is 0 Å². The summed E-state index contributed by atoms with van der Waals surface area (Å²) in [5, 5.41) is 6.85. The number of rotatable bonds is 0. The molecule has 0 radical (unpaired) electrons. The van der Waals surface area contributed by atoms with Gasteiger partial charge < -0.3 is 0 Å². The summed E-state index contributed by atoms with van der Waals surface area (Å²) in [4.78, 5) is 11.3. The smallest absolute Gasteiger partial charge is 0.0979 e. The molecule has 4 aliphatic carbocycles. The Morgan fingerprint density at radius 2 is 0.857 bits per heavy atom. The van der Waals surface area contributed by atoms with Gasteiger partial charge in [0.2, 0.25) is 0 Å². The fraction of sp³-hybridized carbons (Fsp3) is 0.300. The molecule has 42 heavy (non-hydrogen) atoms. The van der Waals surface area contributed by atoms with E-state index in [1.165, 1.54) is 44.2 Å². The SMILES string of the molecule is CC(C)(C)C1=CC2=c3nc4c5ccccc5c5ccccc5c4nc3=C3C=C(C(C)(C)C)C=C4C=CC(=C1)C2(C)C43C. The summed E-state index contributed by atoms with van der Waals surface area (Å²) in [7, 11) is 0. The van der Waals surface area contributed by atoms with Crippen LogP contribution in [0.5, 0.6) is 0 Å². The highest BCUT2D eigenvalue weighted by Crippen LogP contribution is 2.66. The van der Waals surface area contributed by atoms with E-state index in [1.807, 2.05) is 0 Å². The Bertz CT molecular complexity index is 2060. The van der Waals surface area contributed by atoms with E-state index in [2.05, 4.69) is 140 Å². The van der Waals surface area contributed by atoms with E-state index in [4.69, 9.17) is 9.97 Å². The fourth-order valence-corrected chi connectivity index (χ4v) is 7.85. The lowest BCUT2D eigenvalue weighted by molar-refractivity contribution is 0.296. The topological polar surface area (TPSA) is 25.8 Å². The van der Waals surface area contributed by atoms with Crippen LogP contribution in [0.25, 0.3) is 43.7 Å². The van der Waals surface area contributed by atoms with Gasteiger partial charge in [0.05, 0.1) is 21.7 Å². The van der Waals surface area contributed by atoms with Crippen LogP contribution < -0.4 is 10.7 Å². The Balaban J connectivity index is 1.68. The second-order valence-corrected chi connectivity index (χ2v) is 15.0. The van der Waals surface area contributed by atoms with Crippen LogP contribution in [0.3, 0.4) is 0 Å². The monoisotopic (exact) mass is 546 g/mol. The molecule has 0 bridgehead atoms.